The van der Waals surface area contributed by atoms with Crippen LogP contribution in [-0.2, 0) is 6.54 Å². The number of thiazole rings is 1. The first kappa shape index (κ1) is 15.2. The van der Waals surface area contributed by atoms with Crippen molar-refractivity contribution < 1.29 is 4.79 Å². The van der Waals surface area contributed by atoms with E-state index in [1.807, 2.05) is 47.2 Å². The van der Waals surface area contributed by atoms with Crippen LogP contribution in [0.1, 0.15) is 16.1 Å². The molecule has 0 aliphatic carbocycles. The fourth-order valence-corrected chi connectivity index (χ4v) is 3.88. The Morgan fingerprint density at radius 3 is 2.86 bits per heavy atom. The Balaban J connectivity index is 1.73. The molecule has 1 aromatic carbocycles. The number of benzene rings is 1. The molecule has 1 amide bonds. The normalized spacial score (nSPS) is 10.6. The van der Waals surface area contributed by atoms with E-state index in [0.717, 1.165) is 15.4 Å². The van der Waals surface area contributed by atoms with Crippen molar-refractivity contribution in [2.75, 3.05) is 7.05 Å². The molecule has 0 radical (unpaired) electrons. The minimum Gasteiger partial charge on any atom is -0.336 e. The molecule has 0 aliphatic rings. The summed E-state index contributed by atoms with van der Waals surface area (Å²) in [7, 11) is 1.77. The Morgan fingerprint density at radius 2 is 2.14 bits per heavy atom. The maximum absolute atomic E-state index is 12.5. The second-order valence-corrected chi connectivity index (χ2v) is 7.05. The predicted molar refractivity (Wildman–Crippen MR) is 92.7 cm³/mol. The highest BCUT2D eigenvalue weighted by Gasteiger charge is 2.16. The van der Waals surface area contributed by atoms with Gasteiger partial charge in [-0.15, -0.1) is 22.7 Å². The van der Waals surface area contributed by atoms with Crippen molar-refractivity contribution in [1.29, 1.82) is 0 Å². The Morgan fingerprint density at radius 1 is 1.27 bits per heavy atom. The quantitative estimate of drug-likeness (QED) is 0.678. The zero-order valence-electron chi connectivity index (χ0n) is 11.8. The minimum atomic E-state index is -0.0842. The van der Waals surface area contributed by atoms with Crippen molar-refractivity contribution in [3.05, 3.63) is 63.4 Å². The summed E-state index contributed by atoms with van der Waals surface area (Å²) in [6, 6.07) is 11.5. The van der Waals surface area contributed by atoms with Crippen LogP contribution in [0.25, 0.3) is 9.88 Å². The summed E-state index contributed by atoms with van der Waals surface area (Å²) < 4.78 is 0. The summed E-state index contributed by atoms with van der Waals surface area (Å²) in [6.07, 6.45) is 0. The first-order valence-electron chi connectivity index (χ1n) is 6.63. The van der Waals surface area contributed by atoms with Crippen molar-refractivity contribution in [3.63, 3.8) is 0 Å². The number of rotatable bonds is 4. The van der Waals surface area contributed by atoms with Crippen LogP contribution in [0.2, 0.25) is 5.02 Å². The van der Waals surface area contributed by atoms with Gasteiger partial charge in [0.05, 0.1) is 4.88 Å². The van der Waals surface area contributed by atoms with Gasteiger partial charge in [0, 0.05) is 24.0 Å². The topological polar surface area (TPSA) is 33.2 Å². The van der Waals surface area contributed by atoms with Gasteiger partial charge in [-0.05, 0) is 29.1 Å². The Bertz CT molecular complexity index is 783. The fourth-order valence-electron chi connectivity index (χ4n) is 2.06. The van der Waals surface area contributed by atoms with Crippen LogP contribution in [0.15, 0.2) is 47.2 Å². The number of hydrogen-bond donors (Lipinski definition) is 0. The van der Waals surface area contributed by atoms with Gasteiger partial charge in [-0.2, -0.15) is 0 Å². The summed E-state index contributed by atoms with van der Waals surface area (Å²) in [5.41, 5.74) is 1.48. The lowest BCUT2D eigenvalue weighted by Gasteiger charge is -2.16. The molecule has 0 spiro atoms. The van der Waals surface area contributed by atoms with Crippen LogP contribution in [0.5, 0.6) is 0 Å². The number of halogens is 1. The average Bonchev–Trinajstić information content (AvgIpc) is 3.17. The third-order valence-corrected chi connectivity index (χ3v) is 5.23. The molecule has 0 aliphatic heterocycles. The molecule has 22 heavy (non-hydrogen) atoms. The van der Waals surface area contributed by atoms with Gasteiger partial charge in [0.15, 0.2) is 0 Å². The van der Waals surface area contributed by atoms with Gasteiger partial charge in [0.2, 0.25) is 0 Å². The molecule has 3 rings (SSSR count). The van der Waals surface area contributed by atoms with Crippen LogP contribution in [0.3, 0.4) is 0 Å². The highest BCUT2D eigenvalue weighted by molar-refractivity contribution is 7.20. The van der Waals surface area contributed by atoms with Gasteiger partial charge in [0.25, 0.3) is 5.91 Å². The molecule has 2 heterocycles. The molecule has 0 bridgehead atoms. The molecule has 0 N–H and O–H groups in total. The molecule has 0 saturated carbocycles. The summed E-state index contributed by atoms with van der Waals surface area (Å²) >= 11 is 9.09. The lowest BCUT2D eigenvalue weighted by atomic mass is 10.2. The number of carbonyl (C=O) groups excluding carboxylic acids is 1. The van der Waals surface area contributed by atoms with E-state index in [-0.39, 0.29) is 5.91 Å². The van der Waals surface area contributed by atoms with E-state index in [4.69, 9.17) is 11.6 Å². The SMILES string of the molecule is CN(Cc1cccc(Cl)c1)C(=O)c1csc(-c2cccs2)n1. The molecular weight excluding hydrogens is 336 g/mol. The van der Waals surface area contributed by atoms with Crippen LogP contribution < -0.4 is 0 Å². The molecular formula is C16H13ClN2OS2. The molecule has 3 nitrogen and oxygen atoms in total. The molecule has 112 valence electrons. The first-order chi connectivity index (χ1) is 10.6. The smallest absolute Gasteiger partial charge is 0.273 e. The second kappa shape index (κ2) is 6.60. The average molecular weight is 349 g/mol. The Kier molecular flexibility index (Phi) is 4.57. The van der Waals surface area contributed by atoms with Crippen LogP contribution in [0, 0.1) is 0 Å². The van der Waals surface area contributed by atoms with Gasteiger partial charge in [-0.25, -0.2) is 4.98 Å². The third-order valence-electron chi connectivity index (χ3n) is 3.11. The van der Waals surface area contributed by atoms with E-state index in [1.54, 1.807) is 23.3 Å². The van der Waals surface area contributed by atoms with Crippen molar-refractivity contribution in [1.82, 2.24) is 9.88 Å². The largest absolute Gasteiger partial charge is 0.336 e. The highest BCUT2D eigenvalue weighted by Crippen LogP contribution is 2.28. The second-order valence-electron chi connectivity index (χ2n) is 4.81. The summed E-state index contributed by atoms with van der Waals surface area (Å²) in [5.74, 6) is -0.0842. The van der Waals surface area contributed by atoms with Crippen LogP contribution in [0.4, 0.5) is 0 Å². The third kappa shape index (κ3) is 3.38. The number of amides is 1. The number of aromatic nitrogens is 1. The van der Waals surface area contributed by atoms with Gasteiger partial charge in [-0.3, -0.25) is 4.79 Å². The van der Waals surface area contributed by atoms with Crippen LogP contribution >= 0.6 is 34.3 Å². The number of hydrogen-bond acceptors (Lipinski definition) is 4. The van der Waals surface area contributed by atoms with E-state index in [0.29, 0.717) is 17.3 Å². The summed E-state index contributed by atoms with van der Waals surface area (Å²) in [4.78, 5) is 19.6. The zero-order chi connectivity index (χ0) is 15.5. The van der Waals surface area contributed by atoms with E-state index in [9.17, 15) is 4.79 Å². The molecule has 2 aromatic heterocycles. The van der Waals surface area contributed by atoms with Crippen LogP contribution in [-0.4, -0.2) is 22.8 Å². The summed E-state index contributed by atoms with van der Waals surface area (Å²) in [5, 5.41) is 5.37. The summed E-state index contributed by atoms with van der Waals surface area (Å²) in [6.45, 7) is 0.505. The van der Waals surface area contributed by atoms with Gasteiger partial charge < -0.3 is 4.90 Å². The molecule has 0 unspecified atom stereocenters. The van der Waals surface area contributed by atoms with E-state index >= 15 is 0 Å². The molecule has 3 aromatic rings. The molecule has 0 atom stereocenters. The molecule has 0 saturated heterocycles. The number of thiophene rings is 1. The lowest BCUT2D eigenvalue weighted by Crippen LogP contribution is -2.26. The van der Waals surface area contributed by atoms with Crippen molar-refractivity contribution in [3.8, 4) is 9.88 Å². The fraction of sp³-hybridized carbons (Fsp3) is 0.125. The lowest BCUT2D eigenvalue weighted by molar-refractivity contribution is 0.0780. The Hall–Kier alpha value is -1.69. The van der Waals surface area contributed by atoms with Crippen molar-refractivity contribution in [2.24, 2.45) is 0 Å². The zero-order valence-corrected chi connectivity index (χ0v) is 14.2. The highest BCUT2D eigenvalue weighted by atomic mass is 35.5. The standard InChI is InChI=1S/C16H13ClN2OS2/c1-19(9-11-4-2-5-12(17)8-11)16(20)13-10-22-15(18-13)14-6-3-7-21-14/h2-8,10H,9H2,1H3. The monoisotopic (exact) mass is 348 g/mol. The van der Waals surface area contributed by atoms with Crippen molar-refractivity contribution >= 4 is 40.2 Å². The van der Waals surface area contributed by atoms with E-state index in [2.05, 4.69) is 4.98 Å². The first-order valence-corrected chi connectivity index (χ1v) is 8.76. The number of nitrogens with zero attached hydrogens (tertiary/aromatic N) is 2. The van der Waals surface area contributed by atoms with Gasteiger partial charge in [-0.1, -0.05) is 29.8 Å². The predicted octanol–water partition coefficient (Wildman–Crippen LogP) is 4.80. The minimum absolute atomic E-state index is 0.0842. The molecule has 6 heteroatoms. The Labute approximate surface area is 141 Å². The van der Waals surface area contributed by atoms with E-state index < -0.39 is 0 Å². The van der Waals surface area contributed by atoms with Gasteiger partial charge >= 0.3 is 0 Å². The van der Waals surface area contributed by atoms with E-state index in [1.165, 1.54) is 11.3 Å². The molecule has 0 fully saturated rings. The van der Waals surface area contributed by atoms with Gasteiger partial charge in [0.1, 0.15) is 10.7 Å². The van der Waals surface area contributed by atoms with Crippen molar-refractivity contribution in [2.45, 2.75) is 6.54 Å². The maximum atomic E-state index is 12.5. The maximum Gasteiger partial charge on any atom is 0.273 e. The number of carbonyl (C=O) groups is 1.